The van der Waals surface area contributed by atoms with E-state index in [0.717, 1.165) is 22.1 Å². The molecule has 5 nitrogen and oxygen atoms in total. The molecule has 0 atom stereocenters. The van der Waals surface area contributed by atoms with Crippen LogP contribution in [-0.4, -0.2) is 19.1 Å². The molecule has 0 aliphatic carbocycles. The van der Waals surface area contributed by atoms with E-state index in [4.69, 9.17) is 11.6 Å². The zero-order chi connectivity index (χ0) is 13.4. The number of aromatic nitrogens is 4. The molecule has 0 N–H and O–H groups in total. The predicted molar refractivity (Wildman–Crippen MR) is 79.3 cm³/mol. The van der Waals surface area contributed by atoms with Crippen LogP contribution in [0.1, 0.15) is 5.69 Å². The molecular formula is C10H7ClN4OS3. The van der Waals surface area contributed by atoms with E-state index in [1.807, 2.05) is 5.38 Å². The molecule has 0 aliphatic rings. The Morgan fingerprint density at radius 2 is 2.37 bits per heavy atom. The number of nitrogens with zero attached hydrogens (tertiary/aromatic N) is 4. The molecule has 0 saturated carbocycles. The first-order valence-corrected chi connectivity index (χ1v) is 8.22. The number of hydrogen-bond donors (Lipinski definition) is 0. The lowest BCUT2D eigenvalue weighted by Crippen LogP contribution is -2.19. The van der Waals surface area contributed by atoms with Crippen molar-refractivity contribution in [2.24, 2.45) is 7.05 Å². The van der Waals surface area contributed by atoms with E-state index in [-0.39, 0.29) is 5.56 Å². The van der Waals surface area contributed by atoms with Crippen LogP contribution in [-0.2, 0) is 12.8 Å². The molecule has 0 amide bonds. The minimum absolute atomic E-state index is 0.0313. The van der Waals surface area contributed by atoms with E-state index in [0.29, 0.717) is 20.6 Å². The standard InChI is InChI=1S/C10H7ClN4OS3/c1-15-9(16)5-2-3-17-8(5)12-10(15)18-4-6-7(11)19-14-13-6/h2-3H,4H2,1H3. The average Bonchev–Trinajstić information content (AvgIpc) is 3.01. The van der Waals surface area contributed by atoms with Crippen LogP contribution in [0.4, 0.5) is 0 Å². The summed E-state index contributed by atoms with van der Waals surface area (Å²) in [6, 6.07) is 1.80. The van der Waals surface area contributed by atoms with Gasteiger partial charge in [-0.05, 0) is 11.4 Å². The predicted octanol–water partition coefficient (Wildman–Crippen LogP) is 2.79. The molecule has 98 valence electrons. The maximum atomic E-state index is 12.1. The summed E-state index contributed by atoms with van der Waals surface area (Å²) in [6.07, 6.45) is 0. The second kappa shape index (κ2) is 5.20. The highest BCUT2D eigenvalue weighted by Crippen LogP contribution is 2.26. The highest BCUT2D eigenvalue weighted by molar-refractivity contribution is 7.98. The minimum atomic E-state index is -0.0313. The fourth-order valence-corrected chi connectivity index (χ4v) is 4.04. The van der Waals surface area contributed by atoms with Crippen molar-refractivity contribution in [3.05, 3.63) is 31.8 Å². The Kier molecular flexibility index (Phi) is 3.57. The molecule has 0 spiro atoms. The van der Waals surface area contributed by atoms with Crippen LogP contribution in [0, 0.1) is 0 Å². The molecular weight excluding hydrogens is 324 g/mol. The number of halogens is 1. The Morgan fingerprint density at radius 1 is 1.53 bits per heavy atom. The van der Waals surface area contributed by atoms with Crippen LogP contribution in [0.5, 0.6) is 0 Å². The van der Waals surface area contributed by atoms with Gasteiger partial charge in [0.2, 0.25) is 0 Å². The smallest absolute Gasteiger partial charge is 0.262 e. The van der Waals surface area contributed by atoms with Gasteiger partial charge in [0.25, 0.3) is 5.56 Å². The third kappa shape index (κ3) is 2.40. The molecule has 0 aliphatic heterocycles. The fourth-order valence-electron chi connectivity index (χ4n) is 1.53. The molecule has 0 bridgehead atoms. The fraction of sp³-hybridized carbons (Fsp3) is 0.200. The maximum Gasteiger partial charge on any atom is 0.262 e. The molecule has 9 heteroatoms. The molecule has 3 rings (SSSR count). The van der Waals surface area contributed by atoms with Crippen molar-refractivity contribution in [3.8, 4) is 0 Å². The molecule has 0 saturated heterocycles. The van der Waals surface area contributed by atoms with Gasteiger partial charge in [-0.25, -0.2) is 4.98 Å². The summed E-state index contributed by atoms with van der Waals surface area (Å²) in [5, 5.41) is 7.12. The summed E-state index contributed by atoms with van der Waals surface area (Å²) in [5.74, 6) is 0.548. The molecule has 0 fully saturated rings. The Labute approximate surface area is 125 Å². The first-order chi connectivity index (χ1) is 9.16. The SMILES string of the molecule is Cn1c(SCc2nnsc2Cl)nc2sccc2c1=O. The van der Waals surface area contributed by atoms with Crippen LogP contribution < -0.4 is 5.56 Å². The van der Waals surface area contributed by atoms with Crippen LogP contribution in [0.3, 0.4) is 0 Å². The lowest BCUT2D eigenvalue weighted by Gasteiger charge is -2.05. The molecule has 0 unspecified atom stereocenters. The summed E-state index contributed by atoms with van der Waals surface area (Å²) >= 11 is 9.99. The van der Waals surface area contributed by atoms with Crippen molar-refractivity contribution in [1.82, 2.24) is 19.1 Å². The van der Waals surface area contributed by atoms with Crippen molar-refractivity contribution in [3.63, 3.8) is 0 Å². The topological polar surface area (TPSA) is 60.7 Å². The second-order valence-electron chi connectivity index (χ2n) is 3.68. The van der Waals surface area contributed by atoms with E-state index in [9.17, 15) is 4.79 Å². The van der Waals surface area contributed by atoms with Gasteiger partial charge in [-0.3, -0.25) is 9.36 Å². The molecule has 3 heterocycles. The van der Waals surface area contributed by atoms with Crippen molar-refractivity contribution in [1.29, 1.82) is 0 Å². The van der Waals surface area contributed by atoms with Crippen LogP contribution in [0.15, 0.2) is 21.4 Å². The summed E-state index contributed by atoms with van der Waals surface area (Å²) < 4.78 is 5.90. The van der Waals surface area contributed by atoms with Gasteiger partial charge in [-0.2, -0.15) is 0 Å². The van der Waals surface area contributed by atoms with Gasteiger partial charge in [0.1, 0.15) is 14.9 Å². The molecule has 3 aromatic heterocycles. The van der Waals surface area contributed by atoms with Crippen molar-refractivity contribution < 1.29 is 0 Å². The number of thiophene rings is 1. The summed E-state index contributed by atoms with van der Waals surface area (Å²) in [4.78, 5) is 17.3. The van der Waals surface area contributed by atoms with Gasteiger partial charge < -0.3 is 0 Å². The van der Waals surface area contributed by atoms with E-state index in [1.54, 1.807) is 17.7 Å². The summed E-state index contributed by atoms with van der Waals surface area (Å²) in [7, 11) is 1.72. The first-order valence-electron chi connectivity index (χ1n) is 5.20. The Balaban J connectivity index is 1.95. The molecule has 0 radical (unpaired) electrons. The Bertz CT molecular complexity index is 794. The first kappa shape index (κ1) is 13.0. The highest BCUT2D eigenvalue weighted by Gasteiger charge is 2.12. The molecule has 0 aromatic carbocycles. The Hall–Kier alpha value is -0.960. The van der Waals surface area contributed by atoms with Gasteiger partial charge >= 0.3 is 0 Å². The summed E-state index contributed by atoms with van der Waals surface area (Å²) in [5.41, 5.74) is 0.688. The van der Waals surface area contributed by atoms with Crippen molar-refractivity contribution in [2.75, 3.05) is 0 Å². The monoisotopic (exact) mass is 330 g/mol. The van der Waals surface area contributed by atoms with E-state index in [2.05, 4.69) is 14.6 Å². The van der Waals surface area contributed by atoms with E-state index >= 15 is 0 Å². The quantitative estimate of drug-likeness (QED) is 0.546. The minimum Gasteiger partial charge on any atom is -0.290 e. The normalized spacial score (nSPS) is 11.3. The van der Waals surface area contributed by atoms with Gasteiger partial charge in [0, 0.05) is 24.3 Å². The third-order valence-corrected chi connectivity index (χ3v) is 5.34. The van der Waals surface area contributed by atoms with E-state index < -0.39 is 0 Å². The average molecular weight is 331 g/mol. The molecule has 3 aromatic rings. The second-order valence-corrected chi connectivity index (χ2v) is 6.87. The number of thioether (sulfide) groups is 1. The zero-order valence-electron chi connectivity index (χ0n) is 9.66. The van der Waals surface area contributed by atoms with Gasteiger partial charge in [-0.1, -0.05) is 27.9 Å². The van der Waals surface area contributed by atoms with Crippen LogP contribution in [0.2, 0.25) is 4.34 Å². The van der Waals surface area contributed by atoms with Crippen LogP contribution >= 0.6 is 46.2 Å². The lowest BCUT2D eigenvalue weighted by molar-refractivity contribution is 0.727. The maximum absolute atomic E-state index is 12.1. The Morgan fingerprint density at radius 3 is 3.11 bits per heavy atom. The lowest BCUT2D eigenvalue weighted by atomic mass is 10.4. The van der Waals surface area contributed by atoms with Crippen molar-refractivity contribution in [2.45, 2.75) is 10.9 Å². The van der Waals surface area contributed by atoms with Gasteiger partial charge in [0.15, 0.2) is 5.16 Å². The third-order valence-electron chi connectivity index (χ3n) is 2.51. The number of fused-ring (bicyclic) bond motifs is 1. The molecule has 19 heavy (non-hydrogen) atoms. The van der Waals surface area contributed by atoms with Gasteiger partial charge in [-0.15, -0.1) is 16.4 Å². The summed E-state index contributed by atoms with van der Waals surface area (Å²) in [6.45, 7) is 0. The number of hydrogen-bond acceptors (Lipinski definition) is 7. The van der Waals surface area contributed by atoms with Crippen LogP contribution in [0.25, 0.3) is 10.2 Å². The number of rotatable bonds is 3. The zero-order valence-corrected chi connectivity index (χ0v) is 12.9. The highest BCUT2D eigenvalue weighted by atomic mass is 35.5. The van der Waals surface area contributed by atoms with Crippen molar-refractivity contribution >= 4 is 56.4 Å². The van der Waals surface area contributed by atoms with E-state index in [1.165, 1.54) is 23.1 Å². The largest absolute Gasteiger partial charge is 0.290 e. The van der Waals surface area contributed by atoms with Gasteiger partial charge in [0.05, 0.1) is 5.39 Å².